The Bertz CT molecular complexity index is 509. The quantitative estimate of drug-likeness (QED) is 0.835. The first-order valence-electron chi connectivity index (χ1n) is 6.53. The third-order valence-corrected chi connectivity index (χ3v) is 3.58. The van der Waals surface area contributed by atoms with Gasteiger partial charge in [-0.05, 0) is 18.8 Å². The van der Waals surface area contributed by atoms with Crippen molar-refractivity contribution >= 4 is 17.3 Å². The van der Waals surface area contributed by atoms with Gasteiger partial charge in [-0.25, -0.2) is 4.68 Å². The molecule has 6 heteroatoms. The van der Waals surface area contributed by atoms with Crippen molar-refractivity contribution in [2.75, 3.05) is 18.5 Å². The minimum Gasteiger partial charge on any atom is -0.396 e. The van der Waals surface area contributed by atoms with Crippen LogP contribution in [-0.2, 0) is 6.54 Å². The number of nitrogens with zero attached hydrogens (tertiary/aromatic N) is 2. The summed E-state index contributed by atoms with van der Waals surface area (Å²) in [6.07, 6.45) is 3.83. The lowest BCUT2D eigenvalue weighted by molar-refractivity contribution is 0.171. The molecular formula is C13H20ClN3O2. The number of anilines is 1. The van der Waals surface area contributed by atoms with Gasteiger partial charge in [0.2, 0.25) is 0 Å². The van der Waals surface area contributed by atoms with Gasteiger partial charge in [-0.15, -0.1) is 0 Å². The lowest BCUT2D eigenvalue weighted by atomic mass is 9.95. The summed E-state index contributed by atoms with van der Waals surface area (Å²) in [4.78, 5) is 12.2. The Balaban J connectivity index is 2.16. The van der Waals surface area contributed by atoms with Crippen molar-refractivity contribution in [3.63, 3.8) is 0 Å². The second-order valence-electron chi connectivity index (χ2n) is 5.97. The van der Waals surface area contributed by atoms with Crippen LogP contribution < -0.4 is 10.9 Å². The fourth-order valence-corrected chi connectivity index (χ4v) is 1.88. The summed E-state index contributed by atoms with van der Waals surface area (Å²) in [6.45, 7) is 5.01. The Morgan fingerprint density at radius 2 is 2.26 bits per heavy atom. The van der Waals surface area contributed by atoms with Gasteiger partial charge < -0.3 is 10.4 Å². The molecule has 1 fully saturated rings. The van der Waals surface area contributed by atoms with Crippen LogP contribution in [-0.4, -0.2) is 28.0 Å². The molecule has 0 aromatic carbocycles. The van der Waals surface area contributed by atoms with Gasteiger partial charge in [-0.3, -0.25) is 4.79 Å². The fourth-order valence-electron chi connectivity index (χ4n) is 1.69. The summed E-state index contributed by atoms with van der Waals surface area (Å²) >= 11 is 6.02. The van der Waals surface area contributed by atoms with E-state index in [0.717, 1.165) is 12.8 Å². The van der Waals surface area contributed by atoms with Crippen LogP contribution in [0.4, 0.5) is 5.69 Å². The smallest absolute Gasteiger partial charge is 0.291 e. The van der Waals surface area contributed by atoms with Crippen LogP contribution in [0, 0.1) is 11.3 Å². The number of aliphatic hydroxyl groups excluding tert-OH is 1. The van der Waals surface area contributed by atoms with E-state index in [9.17, 15) is 9.90 Å². The van der Waals surface area contributed by atoms with Crippen molar-refractivity contribution in [3.05, 3.63) is 21.6 Å². The number of aliphatic hydroxyl groups is 1. The van der Waals surface area contributed by atoms with Crippen molar-refractivity contribution in [2.24, 2.45) is 11.3 Å². The van der Waals surface area contributed by atoms with E-state index < -0.39 is 0 Å². The van der Waals surface area contributed by atoms with E-state index in [1.807, 2.05) is 13.8 Å². The molecule has 2 rings (SSSR count). The van der Waals surface area contributed by atoms with E-state index in [1.165, 1.54) is 10.9 Å². The zero-order valence-corrected chi connectivity index (χ0v) is 12.1. The molecule has 1 saturated carbocycles. The van der Waals surface area contributed by atoms with Crippen LogP contribution in [0.3, 0.4) is 0 Å². The van der Waals surface area contributed by atoms with Gasteiger partial charge in [0.25, 0.3) is 5.56 Å². The van der Waals surface area contributed by atoms with Gasteiger partial charge in [-0.1, -0.05) is 25.4 Å². The van der Waals surface area contributed by atoms with Crippen LogP contribution in [0.1, 0.15) is 26.7 Å². The number of nitrogens with one attached hydrogen (secondary N) is 1. The second-order valence-corrected chi connectivity index (χ2v) is 6.38. The first-order chi connectivity index (χ1) is 8.93. The largest absolute Gasteiger partial charge is 0.396 e. The molecule has 19 heavy (non-hydrogen) atoms. The topological polar surface area (TPSA) is 67.2 Å². The lowest BCUT2D eigenvalue weighted by Crippen LogP contribution is -2.32. The Morgan fingerprint density at radius 1 is 1.58 bits per heavy atom. The van der Waals surface area contributed by atoms with Gasteiger partial charge in [-0.2, -0.15) is 5.10 Å². The average Bonchev–Trinajstić information content (AvgIpc) is 3.16. The van der Waals surface area contributed by atoms with E-state index in [4.69, 9.17) is 11.6 Å². The van der Waals surface area contributed by atoms with Crippen LogP contribution in [0.15, 0.2) is 11.0 Å². The molecule has 0 spiro atoms. The summed E-state index contributed by atoms with van der Waals surface area (Å²) in [6, 6.07) is 0. The molecule has 1 aliphatic rings. The van der Waals surface area contributed by atoms with Crippen LogP contribution in [0.5, 0.6) is 0 Å². The fraction of sp³-hybridized carbons (Fsp3) is 0.692. The van der Waals surface area contributed by atoms with Crippen molar-refractivity contribution in [2.45, 2.75) is 33.2 Å². The van der Waals surface area contributed by atoms with E-state index in [-0.39, 0.29) is 17.6 Å². The highest BCUT2D eigenvalue weighted by atomic mass is 35.5. The molecule has 1 aromatic rings. The zero-order chi connectivity index (χ0) is 14.0. The molecule has 0 unspecified atom stereocenters. The molecule has 0 amide bonds. The third-order valence-electron chi connectivity index (χ3n) is 3.30. The summed E-state index contributed by atoms with van der Waals surface area (Å²) < 4.78 is 1.47. The molecule has 1 heterocycles. The Hall–Kier alpha value is -1.07. The summed E-state index contributed by atoms with van der Waals surface area (Å²) in [5.41, 5.74) is -0.118. The molecule has 106 valence electrons. The van der Waals surface area contributed by atoms with Gasteiger partial charge in [0.15, 0.2) is 0 Å². The molecule has 0 radical (unpaired) electrons. The van der Waals surface area contributed by atoms with Gasteiger partial charge >= 0.3 is 0 Å². The van der Waals surface area contributed by atoms with E-state index >= 15 is 0 Å². The Labute approximate surface area is 117 Å². The summed E-state index contributed by atoms with van der Waals surface area (Å²) in [7, 11) is 0. The molecule has 1 aromatic heterocycles. The summed E-state index contributed by atoms with van der Waals surface area (Å²) in [5, 5.41) is 16.7. The van der Waals surface area contributed by atoms with Crippen LogP contribution >= 0.6 is 11.6 Å². The minimum atomic E-state index is -0.305. The number of rotatable bonds is 6. The lowest BCUT2D eigenvalue weighted by Gasteiger charge is -2.22. The first kappa shape index (κ1) is 14.3. The van der Waals surface area contributed by atoms with E-state index in [1.54, 1.807) is 0 Å². The normalized spacial score (nSPS) is 15.6. The van der Waals surface area contributed by atoms with Crippen molar-refractivity contribution in [3.8, 4) is 0 Å². The maximum Gasteiger partial charge on any atom is 0.291 e. The Kier molecular flexibility index (Phi) is 4.16. The minimum absolute atomic E-state index is 0.0406. The highest BCUT2D eigenvalue weighted by molar-refractivity contribution is 6.32. The highest BCUT2D eigenvalue weighted by Gasteiger charge is 2.24. The number of hydrogen-bond acceptors (Lipinski definition) is 4. The maximum atomic E-state index is 12.2. The predicted molar refractivity (Wildman–Crippen MR) is 75.6 cm³/mol. The average molecular weight is 286 g/mol. The molecule has 5 nitrogen and oxygen atoms in total. The van der Waals surface area contributed by atoms with Crippen molar-refractivity contribution in [1.29, 1.82) is 0 Å². The predicted octanol–water partition coefficient (Wildman–Crippen LogP) is 1.74. The van der Waals surface area contributed by atoms with Crippen LogP contribution in [0.2, 0.25) is 5.02 Å². The molecule has 0 atom stereocenters. The zero-order valence-electron chi connectivity index (χ0n) is 11.3. The maximum absolute atomic E-state index is 12.2. The molecule has 2 N–H and O–H groups in total. The standard InChI is InChI=1S/C13H20ClN3O2/c1-13(2,8-18)7-15-11-10(14)5-16-17(12(11)19)6-9-3-4-9/h5,9,15,18H,3-4,6-8H2,1-2H3. The summed E-state index contributed by atoms with van der Waals surface area (Å²) in [5.74, 6) is 0.577. The van der Waals surface area contributed by atoms with E-state index in [2.05, 4.69) is 10.4 Å². The SMILES string of the molecule is CC(C)(CO)CNc1c(Cl)cnn(CC2CC2)c1=O. The molecule has 1 aliphatic carbocycles. The second kappa shape index (κ2) is 5.51. The number of halogens is 1. The molecular weight excluding hydrogens is 266 g/mol. The van der Waals surface area contributed by atoms with E-state index in [0.29, 0.717) is 29.7 Å². The Morgan fingerprint density at radius 3 is 2.84 bits per heavy atom. The third kappa shape index (κ3) is 3.70. The van der Waals surface area contributed by atoms with Crippen molar-refractivity contribution in [1.82, 2.24) is 9.78 Å². The monoisotopic (exact) mass is 285 g/mol. The van der Waals surface area contributed by atoms with Crippen LogP contribution in [0.25, 0.3) is 0 Å². The van der Waals surface area contributed by atoms with Gasteiger partial charge in [0.1, 0.15) is 5.69 Å². The highest BCUT2D eigenvalue weighted by Crippen LogP contribution is 2.30. The first-order valence-corrected chi connectivity index (χ1v) is 6.91. The molecule has 0 aliphatic heterocycles. The molecule has 0 saturated heterocycles. The number of aromatic nitrogens is 2. The van der Waals surface area contributed by atoms with Gasteiger partial charge in [0.05, 0.1) is 11.2 Å². The van der Waals surface area contributed by atoms with Gasteiger partial charge in [0, 0.05) is 25.1 Å². The molecule has 0 bridgehead atoms. The van der Waals surface area contributed by atoms with Crippen molar-refractivity contribution < 1.29 is 5.11 Å². The number of hydrogen-bond donors (Lipinski definition) is 2.